The number of rotatable bonds is 5. The Balaban J connectivity index is 1.63. The molecule has 3 aromatic rings. The number of aromatic nitrogens is 2. The number of cyclic esters (lactones) is 1. The van der Waals surface area contributed by atoms with E-state index in [2.05, 4.69) is 5.32 Å². The van der Waals surface area contributed by atoms with Gasteiger partial charge in [0.25, 0.3) is 5.56 Å². The summed E-state index contributed by atoms with van der Waals surface area (Å²) in [6.07, 6.45) is -0.109. The summed E-state index contributed by atoms with van der Waals surface area (Å²) in [5.74, 6) is -1.44. The van der Waals surface area contributed by atoms with E-state index < -0.39 is 41.5 Å². The number of pyridine rings is 2. The minimum atomic E-state index is -2.07. The number of ether oxygens (including phenoxy) is 2. The number of methoxy groups -OCH3 is 1. The summed E-state index contributed by atoms with van der Waals surface area (Å²) < 4.78 is 26.7. The molecule has 3 aliphatic heterocycles. The van der Waals surface area contributed by atoms with E-state index in [4.69, 9.17) is 14.5 Å². The van der Waals surface area contributed by atoms with Crippen LogP contribution in [0.25, 0.3) is 22.3 Å². The number of carbonyl (C=O) groups excluding carboxylic acids is 2. The molecule has 6 rings (SSSR count). The van der Waals surface area contributed by atoms with Crippen molar-refractivity contribution in [2.45, 2.75) is 43.0 Å². The van der Waals surface area contributed by atoms with Crippen LogP contribution in [0.3, 0.4) is 0 Å². The molecule has 198 valence electrons. The number of halogens is 1. The second-order valence-corrected chi connectivity index (χ2v) is 10.7. The van der Waals surface area contributed by atoms with Gasteiger partial charge in [-0.05, 0) is 24.1 Å². The molecule has 10 nitrogen and oxygen atoms in total. The van der Waals surface area contributed by atoms with E-state index in [0.29, 0.717) is 44.7 Å². The van der Waals surface area contributed by atoms with Crippen LogP contribution in [0.2, 0.25) is 0 Å². The van der Waals surface area contributed by atoms with Crippen LogP contribution in [0.5, 0.6) is 0 Å². The monoisotopic (exact) mass is 541 g/mol. The number of nitrogens with one attached hydrogen (secondary N) is 1. The predicted molar refractivity (Wildman–Crippen MR) is 134 cm³/mol. The number of thioether (sulfide) groups is 1. The molecule has 0 fully saturated rings. The van der Waals surface area contributed by atoms with E-state index in [9.17, 15) is 29.0 Å². The number of fused-ring (bicyclic) bond motifs is 5. The summed E-state index contributed by atoms with van der Waals surface area (Å²) in [4.78, 5) is 44.0. The molecule has 3 aliphatic rings. The smallest absolute Gasteiger partial charge is 0.343 e. The lowest BCUT2D eigenvalue weighted by atomic mass is 9.85. The van der Waals surface area contributed by atoms with Crippen molar-refractivity contribution in [1.82, 2.24) is 14.9 Å². The molecule has 1 aromatic carbocycles. The van der Waals surface area contributed by atoms with Gasteiger partial charge in [-0.2, -0.15) is 0 Å². The van der Waals surface area contributed by atoms with E-state index in [1.807, 2.05) is 0 Å². The van der Waals surface area contributed by atoms with Crippen LogP contribution in [-0.2, 0) is 37.8 Å². The first kappa shape index (κ1) is 25.0. The molecule has 0 saturated carbocycles. The van der Waals surface area contributed by atoms with Gasteiger partial charge in [0.1, 0.15) is 19.0 Å². The Bertz CT molecular complexity index is 1620. The van der Waals surface area contributed by atoms with Crippen LogP contribution < -0.4 is 10.9 Å². The molecule has 0 radical (unpaired) electrons. The maximum atomic E-state index is 14.9. The van der Waals surface area contributed by atoms with Crippen LogP contribution in [0, 0.1) is 12.7 Å². The Morgan fingerprint density at radius 3 is 2.89 bits per heavy atom. The molecule has 2 aromatic heterocycles. The van der Waals surface area contributed by atoms with Crippen molar-refractivity contribution in [2.24, 2.45) is 0 Å². The van der Waals surface area contributed by atoms with E-state index in [1.165, 1.54) is 29.5 Å². The highest BCUT2D eigenvalue weighted by atomic mass is 32.2. The molecule has 0 aliphatic carbocycles. The largest absolute Gasteiger partial charge is 0.458 e. The van der Waals surface area contributed by atoms with Gasteiger partial charge in [0.05, 0.1) is 35.1 Å². The maximum absolute atomic E-state index is 14.9. The van der Waals surface area contributed by atoms with E-state index >= 15 is 0 Å². The number of hydrogen-bond acceptors (Lipinski definition) is 9. The zero-order valence-corrected chi connectivity index (χ0v) is 21.4. The van der Waals surface area contributed by atoms with Gasteiger partial charge in [-0.1, -0.05) is 0 Å². The molecule has 1 amide bonds. The molecule has 2 atom stereocenters. The van der Waals surface area contributed by atoms with Crippen LogP contribution in [-0.4, -0.2) is 57.7 Å². The lowest BCUT2D eigenvalue weighted by molar-refractivity contribution is -0.174. The average molecular weight is 542 g/mol. The summed E-state index contributed by atoms with van der Waals surface area (Å²) in [6, 6.07) is 2.40. The SMILES string of the molecule is COCC[C@@]1(O)C(=O)OCc2c1cc1n(c2=O)Cc2c-1nc1cc(F)c(C)c3c1c2[C@H](NC(=O)CO)CS3. The quantitative estimate of drug-likeness (QED) is 0.320. The van der Waals surface area contributed by atoms with Crippen LogP contribution in [0.1, 0.15) is 40.3 Å². The molecule has 0 saturated heterocycles. The Kier molecular flexibility index (Phi) is 5.83. The van der Waals surface area contributed by atoms with Crippen molar-refractivity contribution in [1.29, 1.82) is 0 Å². The van der Waals surface area contributed by atoms with Crippen molar-refractivity contribution in [3.63, 3.8) is 0 Å². The standard InChI is InChI=1S/C26H24FN3O7S/c1-11-15(27)6-16-21-20(17(10-38-23(11)21)28-19(32)8-31)12-7-30-18(22(12)29-16)5-14-13(24(30)33)9-37-25(34)26(14,35)3-4-36-2/h5-6,17,31,35H,3-4,7-10H2,1-2H3,(H,28,32)/t17-,26+/m1/s1. The van der Waals surface area contributed by atoms with E-state index in [1.54, 1.807) is 13.0 Å². The molecule has 5 heterocycles. The number of aliphatic hydroxyl groups is 2. The van der Waals surface area contributed by atoms with Gasteiger partial charge < -0.3 is 29.6 Å². The van der Waals surface area contributed by atoms with Gasteiger partial charge in [0.2, 0.25) is 5.91 Å². The molecule has 0 unspecified atom stereocenters. The topological polar surface area (TPSA) is 140 Å². The van der Waals surface area contributed by atoms with Crippen molar-refractivity contribution >= 4 is 34.5 Å². The van der Waals surface area contributed by atoms with Crippen molar-refractivity contribution < 1.29 is 33.7 Å². The Morgan fingerprint density at radius 2 is 2.16 bits per heavy atom. The van der Waals surface area contributed by atoms with Crippen LogP contribution in [0.4, 0.5) is 4.39 Å². The molecule has 3 N–H and O–H groups in total. The fourth-order valence-electron chi connectivity index (χ4n) is 5.63. The Hall–Kier alpha value is -3.32. The van der Waals surface area contributed by atoms with Crippen molar-refractivity contribution in [3.05, 3.63) is 56.1 Å². The molecular formula is C26H24FN3O7S. The molecule has 0 bridgehead atoms. The van der Waals surface area contributed by atoms with E-state index in [-0.39, 0.29) is 37.3 Å². The number of aliphatic hydroxyl groups excluding tert-OH is 1. The second kappa shape index (κ2) is 8.87. The summed E-state index contributed by atoms with van der Waals surface area (Å²) in [7, 11) is 1.44. The molecule has 0 spiro atoms. The fraction of sp³-hybridized carbons (Fsp3) is 0.385. The van der Waals surface area contributed by atoms with Gasteiger partial charge in [-0.15, -0.1) is 11.8 Å². The zero-order chi connectivity index (χ0) is 26.9. The predicted octanol–water partition coefficient (Wildman–Crippen LogP) is 1.41. The van der Waals surface area contributed by atoms with Gasteiger partial charge in [0, 0.05) is 53.4 Å². The highest BCUT2D eigenvalue weighted by molar-refractivity contribution is 7.99. The van der Waals surface area contributed by atoms with E-state index in [0.717, 1.165) is 4.90 Å². The van der Waals surface area contributed by atoms with Crippen LogP contribution in [0.15, 0.2) is 21.8 Å². The number of hydrogen-bond donors (Lipinski definition) is 3. The van der Waals surface area contributed by atoms with Gasteiger partial charge in [0.15, 0.2) is 5.60 Å². The van der Waals surface area contributed by atoms with Gasteiger partial charge in [-0.25, -0.2) is 14.2 Å². The normalized spacial score (nSPS) is 21.1. The third kappa shape index (κ3) is 3.44. The number of esters is 1. The third-order valence-electron chi connectivity index (χ3n) is 7.54. The average Bonchev–Trinajstić information content (AvgIpc) is 3.27. The van der Waals surface area contributed by atoms with Crippen molar-refractivity contribution in [2.75, 3.05) is 26.1 Å². The van der Waals surface area contributed by atoms with Crippen LogP contribution >= 0.6 is 11.8 Å². The minimum absolute atomic E-state index is 0.0540. The fourth-order valence-corrected chi connectivity index (χ4v) is 6.89. The molecule has 38 heavy (non-hydrogen) atoms. The lowest BCUT2D eigenvalue weighted by Gasteiger charge is -2.32. The highest BCUT2D eigenvalue weighted by Crippen LogP contribution is 2.48. The Morgan fingerprint density at radius 1 is 1.37 bits per heavy atom. The number of carbonyl (C=O) groups is 2. The summed E-state index contributed by atoms with van der Waals surface area (Å²) in [5, 5.41) is 24.2. The highest BCUT2D eigenvalue weighted by Gasteiger charge is 2.47. The maximum Gasteiger partial charge on any atom is 0.343 e. The second-order valence-electron chi connectivity index (χ2n) is 9.64. The summed E-state index contributed by atoms with van der Waals surface area (Å²) >= 11 is 1.40. The summed E-state index contributed by atoms with van der Waals surface area (Å²) in [6.45, 7) is 0.907. The molecular weight excluding hydrogens is 517 g/mol. The first-order valence-corrected chi connectivity index (χ1v) is 13.0. The number of benzene rings is 1. The summed E-state index contributed by atoms with van der Waals surface area (Å²) in [5.41, 5.74) is 0.815. The molecule has 12 heteroatoms. The number of amides is 1. The number of nitrogens with zero attached hydrogens (tertiary/aromatic N) is 2. The third-order valence-corrected chi connectivity index (χ3v) is 8.84. The minimum Gasteiger partial charge on any atom is -0.458 e. The first-order chi connectivity index (χ1) is 18.2. The van der Waals surface area contributed by atoms with Gasteiger partial charge >= 0.3 is 5.97 Å². The lowest BCUT2D eigenvalue weighted by Crippen LogP contribution is -2.45. The van der Waals surface area contributed by atoms with Crippen molar-refractivity contribution in [3.8, 4) is 11.4 Å². The zero-order valence-electron chi connectivity index (χ0n) is 20.6. The van der Waals surface area contributed by atoms with Gasteiger partial charge in [-0.3, -0.25) is 9.59 Å². The Labute approximate surface area is 219 Å². The first-order valence-electron chi connectivity index (χ1n) is 12.0.